The van der Waals surface area contributed by atoms with Crippen LogP contribution in [0.1, 0.15) is 17.5 Å². The van der Waals surface area contributed by atoms with Gasteiger partial charge in [-0.3, -0.25) is 19.4 Å². The highest BCUT2D eigenvalue weighted by Gasteiger charge is 2.42. The number of rotatable bonds is 9. The second kappa shape index (κ2) is 12.2. The molecular weight excluding hydrogens is 549 g/mol. The summed E-state index contributed by atoms with van der Waals surface area (Å²) in [4.78, 5) is 49.6. The monoisotopic (exact) mass is 575 g/mol. The number of amides is 3. The van der Waals surface area contributed by atoms with Crippen molar-refractivity contribution >= 4 is 51.9 Å². The molecule has 0 radical (unpaired) electrons. The number of nitrogens with one attached hydrogen (secondary N) is 2. The van der Waals surface area contributed by atoms with Crippen LogP contribution in [-0.2, 0) is 20.9 Å². The molecule has 3 amide bonds. The Morgan fingerprint density at radius 2 is 1.80 bits per heavy atom. The van der Waals surface area contributed by atoms with Gasteiger partial charge in [0.1, 0.15) is 29.2 Å². The number of carbonyl (C=O) groups excluding carboxylic acids is 3. The number of nitrogens with zero attached hydrogens (tertiary/aromatic N) is 3. The summed E-state index contributed by atoms with van der Waals surface area (Å²) in [6, 6.07) is 17.1. The Labute approximate surface area is 239 Å². The minimum atomic E-state index is -0.954. The lowest BCUT2D eigenvalue weighted by atomic mass is 10.1. The molecule has 10 nitrogen and oxygen atoms in total. The standard InChI is InChI=1S/C29H26FN5O5S/c1-39-19-11-12-24(40-2)22(13-19)32-26(37)16-41-29-34-21-6-4-3-5-20(21)27-33-23(28(38)35(27)29)14-25(36)31-15-17-7-9-18(30)10-8-17/h3-13,23H,14-16H2,1-2H3,(H,31,36)(H,32,37)/t23-/m0/s1. The fraction of sp³-hybridized carbons (Fsp3) is 0.207. The predicted molar refractivity (Wildman–Crippen MR) is 154 cm³/mol. The van der Waals surface area contributed by atoms with Gasteiger partial charge in [0, 0.05) is 18.2 Å². The second-order valence-corrected chi connectivity index (χ2v) is 10.0. The van der Waals surface area contributed by atoms with Gasteiger partial charge < -0.3 is 20.1 Å². The molecule has 0 saturated heterocycles. The smallest absolute Gasteiger partial charge is 0.259 e. The zero-order valence-electron chi connectivity index (χ0n) is 22.2. The summed E-state index contributed by atoms with van der Waals surface area (Å²) in [5.74, 6) is -0.135. The third-order valence-corrected chi connectivity index (χ3v) is 7.28. The highest BCUT2D eigenvalue weighted by molar-refractivity contribution is 8.14. The SMILES string of the molecule is COc1ccc(OC)c(NC(=O)CSC2=Nc3ccccc3C3=N[C@@H](CC(=O)NCc4ccc(F)cc4)C(=O)N23)c1. The molecule has 3 aromatic carbocycles. The summed E-state index contributed by atoms with van der Waals surface area (Å²) >= 11 is 1.08. The first-order chi connectivity index (χ1) is 19.9. The maximum absolute atomic E-state index is 13.5. The van der Waals surface area contributed by atoms with E-state index in [1.165, 1.54) is 31.3 Å². The maximum Gasteiger partial charge on any atom is 0.259 e. The second-order valence-electron chi connectivity index (χ2n) is 9.06. The van der Waals surface area contributed by atoms with Crippen LogP contribution in [0.2, 0.25) is 0 Å². The van der Waals surface area contributed by atoms with Crippen LogP contribution in [-0.4, -0.2) is 59.6 Å². The molecule has 0 saturated carbocycles. The van der Waals surface area contributed by atoms with E-state index >= 15 is 0 Å². The van der Waals surface area contributed by atoms with Gasteiger partial charge in [-0.15, -0.1) is 0 Å². The van der Waals surface area contributed by atoms with Gasteiger partial charge in [0.25, 0.3) is 5.91 Å². The van der Waals surface area contributed by atoms with Crippen molar-refractivity contribution in [2.45, 2.75) is 19.0 Å². The Bertz CT molecular complexity index is 1560. The van der Waals surface area contributed by atoms with E-state index in [9.17, 15) is 18.8 Å². The number of para-hydroxylation sites is 1. The van der Waals surface area contributed by atoms with Gasteiger partial charge in [-0.05, 0) is 42.0 Å². The maximum atomic E-state index is 13.5. The highest BCUT2D eigenvalue weighted by atomic mass is 32.2. The Hall–Kier alpha value is -4.71. The summed E-state index contributed by atoms with van der Waals surface area (Å²) in [6.45, 7) is 0.193. The molecule has 1 atom stereocenters. The van der Waals surface area contributed by atoms with Gasteiger partial charge in [0.15, 0.2) is 5.17 Å². The normalized spacial score (nSPS) is 15.3. The van der Waals surface area contributed by atoms with E-state index in [0.29, 0.717) is 34.3 Å². The van der Waals surface area contributed by atoms with Crippen LogP contribution in [0, 0.1) is 5.82 Å². The third-order valence-electron chi connectivity index (χ3n) is 6.34. The number of hydrogen-bond donors (Lipinski definition) is 2. The summed E-state index contributed by atoms with van der Waals surface area (Å²) < 4.78 is 23.7. The molecule has 0 aliphatic carbocycles. The van der Waals surface area contributed by atoms with Crippen LogP contribution in [0.4, 0.5) is 15.8 Å². The number of ether oxygens (including phenoxy) is 2. The Morgan fingerprint density at radius 3 is 2.56 bits per heavy atom. The first-order valence-corrected chi connectivity index (χ1v) is 13.6. The zero-order valence-corrected chi connectivity index (χ0v) is 23.0. The van der Waals surface area contributed by atoms with Crippen molar-refractivity contribution in [3.63, 3.8) is 0 Å². The van der Waals surface area contributed by atoms with Crippen LogP contribution in [0.5, 0.6) is 11.5 Å². The highest BCUT2D eigenvalue weighted by Crippen LogP contribution is 2.34. The lowest BCUT2D eigenvalue weighted by molar-refractivity contribution is -0.128. The topological polar surface area (TPSA) is 122 Å². The Kier molecular flexibility index (Phi) is 8.29. The summed E-state index contributed by atoms with van der Waals surface area (Å²) in [5, 5.41) is 5.84. The molecule has 12 heteroatoms. The zero-order chi connectivity index (χ0) is 28.9. The number of benzene rings is 3. The number of aliphatic imine (C=N–C) groups is 2. The van der Waals surface area contributed by atoms with Gasteiger partial charge in [-0.1, -0.05) is 36.0 Å². The largest absolute Gasteiger partial charge is 0.497 e. The number of fused-ring (bicyclic) bond motifs is 3. The molecule has 5 rings (SSSR count). The molecule has 0 fully saturated rings. The van der Waals surface area contributed by atoms with Crippen molar-refractivity contribution in [1.29, 1.82) is 0 Å². The van der Waals surface area contributed by atoms with Gasteiger partial charge in [-0.2, -0.15) is 0 Å². The van der Waals surface area contributed by atoms with Gasteiger partial charge >= 0.3 is 0 Å². The van der Waals surface area contributed by atoms with E-state index in [4.69, 9.17) is 9.47 Å². The van der Waals surface area contributed by atoms with Crippen molar-refractivity contribution in [2.24, 2.45) is 9.98 Å². The minimum Gasteiger partial charge on any atom is -0.497 e. The quantitative estimate of drug-likeness (QED) is 0.400. The van der Waals surface area contributed by atoms with Gasteiger partial charge in [0.2, 0.25) is 11.8 Å². The minimum absolute atomic E-state index is 0.0543. The summed E-state index contributed by atoms with van der Waals surface area (Å²) in [7, 11) is 3.02. The summed E-state index contributed by atoms with van der Waals surface area (Å²) in [5.41, 5.74) is 2.43. The number of hydrogen-bond acceptors (Lipinski definition) is 8. The molecule has 0 unspecified atom stereocenters. The summed E-state index contributed by atoms with van der Waals surface area (Å²) in [6.07, 6.45) is -0.170. The average Bonchev–Trinajstić information content (AvgIpc) is 3.31. The molecule has 0 spiro atoms. The van der Waals surface area contributed by atoms with Crippen molar-refractivity contribution in [2.75, 3.05) is 25.3 Å². The first kappa shape index (κ1) is 27.8. The lowest BCUT2D eigenvalue weighted by Crippen LogP contribution is -2.42. The van der Waals surface area contributed by atoms with E-state index in [0.717, 1.165) is 17.3 Å². The van der Waals surface area contributed by atoms with E-state index in [1.54, 1.807) is 42.5 Å². The Balaban J connectivity index is 1.28. The van der Waals surface area contributed by atoms with Gasteiger partial charge in [-0.25, -0.2) is 14.3 Å². The number of methoxy groups -OCH3 is 2. The van der Waals surface area contributed by atoms with E-state index in [1.807, 2.05) is 12.1 Å². The fourth-order valence-electron chi connectivity index (χ4n) is 4.31. The molecule has 41 heavy (non-hydrogen) atoms. The number of carbonyl (C=O) groups is 3. The van der Waals surface area contributed by atoms with Crippen LogP contribution < -0.4 is 20.1 Å². The lowest BCUT2D eigenvalue weighted by Gasteiger charge is -2.25. The molecule has 2 heterocycles. The number of thioether (sulfide) groups is 1. The van der Waals surface area contributed by atoms with Crippen LogP contribution in [0.15, 0.2) is 76.7 Å². The van der Waals surface area contributed by atoms with E-state index in [-0.39, 0.29) is 41.5 Å². The van der Waals surface area contributed by atoms with E-state index in [2.05, 4.69) is 20.6 Å². The van der Waals surface area contributed by atoms with Crippen molar-refractivity contribution in [3.05, 3.63) is 83.7 Å². The molecule has 3 aromatic rings. The average molecular weight is 576 g/mol. The molecule has 2 N–H and O–H groups in total. The number of halogens is 1. The number of amidine groups is 2. The van der Waals surface area contributed by atoms with Crippen molar-refractivity contribution < 1.29 is 28.2 Å². The van der Waals surface area contributed by atoms with Crippen LogP contribution in [0.3, 0.4) is 0 Å². The van der Waals surface area contributed by atoms with Crippen molar-refractivity contribution in [1.82, 2.24) is 10.2 Å². The van der Waals surface area contributed by atoms with Crippen LogP contribution >= 0.6 is 11.8 Å². The fourth-order valence-corrected chi connectivity index (χ4v) is 5.11. The molecule has 2 aliphatic rings. The number of anilines is 1. The molecule has 0 aromatic heterocycles. The van der Waals surface area contributed by atoms with Crippen molar-refractivity contribution in [3.8, 4) is 11.5 Å². The Morgan fingerprint density at radius 1 is 1.02 bits per heavy atom. The predicted octanol–water partition coefficient (Wildman–Crippen LogP) is 3.88. The molecule has 2 aliphatic heterocycles. The third kappa shape index (κ3) is 6.22. The molecule has 0 bridgehead atoms. The first-order valence-electron chi connectivity index (χ1n) is 12.6. The molecule has 210 valence electrons. The van der Waals surface area contributed by atoms with Gasteiger partial charge in [0.05, 0.1) is 37.8 Å². The van der Waals surface area contributed by atoms with E-state index < -0.39 is 11.9 Å². The van der Waals surface area contributed by atoms with Crippen LogP contribution in [0.25, 0.3) is 0 Å². The molecular formula is C29H26FN5O5S.